The lowest BCUT2D eigenvalue weighted by Crippen LogP contribution is -1.99. The van der Waals surface area contributed by atoms with E-state index in [0.29, 0.717) is 10.8 Å². The van der Waals surface area contributed by atoms with Gasteiger partial charge in [0.25, 0.3) is 0 Å². The molecule has 0 radical (unpaired) electrons. The fraction of sp³-hybridized carbons (Fsp3) is 0. The van der Waals surface area contributed by atoms with E-state index in [9.17, 15) is 19.8 Å². The van der Waals surface area contributed by atoms with E-state index in [1.807, 2.05) is 0 Å². The zero-order valence-corrected chi connectivity index (χ0v) is 8.18. The highest BCUT2D eigenvalue weighted by molar-refractivity contribution is 6.33. The normalized spacial score (nSPS) is 10.2. The van der Waals surface area contributed by atoms with Crippen molar-refractivity contribution in [2.45, 2.75) is 0 Å². The van der Waals surface area contributed by atoms with Crippen LogP contribution in [0.5, 0.6) is 11.5 Å². The van der Waals surface area contributed by atoms with Crippen molar-refractivity contribution in [1.82, 2.24) is 0 Å². The number of aromatic hydroxyl groups is 2. The third-order valence-electron chi connectivity index (χ3n) is 2.36. The molecule has 16 heavy (non-hydrogen) atoms. The van der Waals surface area contributed by atoms with Gasteiger partial charge in [-0.1, -0.05) is 18.2 Å². The summed E-state index contributed by atoms with van der Waals surface area (Å²) in [7, 11) is 0. The SMILES string of the molecule is O=CC(=O)c1ccc2ccc(O)c(O)c2c1. The van der Waals surface area contributed by atoms with Crippen molar-refractivity contribution in [3.05, 3.63) is 35.9 Å². The molecule has 0 saturated carbocycles. The smallest absolute Gasteiger partial charge is 0.225 e. The summed E-state index contributed by atoms with van der Waals surface area (Å²) in [5, 5.41) is 19.9. The number of carbonyl (C=O) groups is 2. The first-order valence-electron chi connectivity index (χ1n) is 4.57. The van der Waals surface area contributed by atoms with Crippen molar-refractivity contribution in [2.75, 3.05) is 0 Å². The molecule has 0 aromatic heterocycles. The molecule has 2 N–H and O–H groups in total. The second-order valence-corrected chi connectivity index (χ2v) is 3.35. The van der Waals surface area contributed by atoms with Gasteiger partial charge in [0.05, 0.1) is 0 Å². The summed E-state index contributed by atoms with van der Waals surface area (Å²) < 4.78 is 0. The highest BCUT2D eigenvalue weighted by Crippen LogP contribution is 2.33. The van der Waals surface area contributed by atoms with Gasteiger partial charge in [-0.25, -0.2) is 0 Å². The van der Waals surface area contributed by atoms with Crippen LogP contribution in [0.4, 0.5) is 0 Å². The molecule has 4 nitrogen and oxygen atoms in total. The van der Waals surface area contributed by atoms with Crippen molar-refractivity contribution in [2.24, 2.45) is 0 Å². The van der Waals surface area contributed by atoms with Gasteiger partial charge in [-0.05, 0) is 17.5 Å². The monoisotopic (exact) mass is 216 g/mol. The molecule has 80 valence electrons. The summed E-state index contributed by atoms with van der Waals surface area (Å²) >= 11 is 0. The van der Waals surface area contributed by atoms with Crippen molar-refractivity contribution in [3.8, 4) is 11.5 Å². The van der Waals surface area contributed by atoms with Gasteiger partial charge in [-0.3, -0.25) is 9.59 Å². The summed E-state index contributed by atoms with van der Waals surface area (Å²) in [5.74, 6) is -1.22. The summed E-state index contributed by atoms with van der Waals surface area (Å²) in [6.45, 7) is 0. The van der Waals surface area contributed by atoms with Crippen LogP contribution in [-0.2, 0) is 4.79 Å². The lowest BCUT2D eigenvalue weighted by molar-refractivity contribution is -0.104. The first kappa shape index (κ1) is 10.2. The molecule has 0 saturated heterocycles. The maximum atomic E-state index is 11.1. The zero-order chi connectivity index (χ0) is 11.7. The second kappa shape index (κ2) is 3.66. The molecule has 4 heteroatoms. The maximum absolute atomic E-state index is 11.1. The summed E-state index contributed by atoms with van der Waals surface area (Å²) in [6, 6.07) is 7.44. The number of Topliss-reactive ketones (excluding diaryl/α,β-unsaturated/α-hetero) is 1. The van der Waals surface area contributed by atoms with Gasteiger partial charge in [-0.15, -0.1) is 0 Å². The van der Waals surface area contributed by atoms with Crippen LogP contribution in [-0.4, -0.2) is 22.3 Å². The quantitative estimate of drug-likeness (QED) is 0.346. The number of rotatable bonds is 2. The van der Waals surface area contributed by atoms with Gasteiger partial charge in [0.1, 0.15) is 0 Å². The van der Waals surface area contributed by atoms with Gasteiger partial charge in [0.15, 0.2) is 17.8 Å². The van der Waals surface area contributed by atoms with Crippen LogP contribution in [0.25, 0.3) is 10.8 Å². The Morgan fingerprint density at radius 2 is 1.81 bits per heavy atom. The van der Waals surface area contributed by atoms with Gasteiger partial charge < -0.3 is 10.2 Å². The average molecular weight is 216 g/mol. The van der Waals surface area contributed by atoms with Gasteiger partial charge in [0, 0.05) is 10.9 Å². The van der Waals surface area contributed by atoms with Crippen LogP contribution in [0.15, 0.2) is 30.3 Å². The Hall–Kier alpha value is -2.36. The molecule has 0 fully saturated rings. The average Bonchev–Trinajstić information content (AvgIpc) is 2.32. The van der Waals surface area contributed by atoms with E-state index in [0.717, 1.165) is 0 Å². The number of benzene rings is 2. The minimum absolute atomic E-state index is 0.184. The molecule has 0 bridgehead atoms. The molecular weight excluding hydrogens is 208 g/mol. The predicted octanol–water partition coefficient (Wildman–Crippen LogP) is 1.63. The number of phenols is 2. The minimum Gasteiger partial charge on any atom is -0.504 e. The lowest BCUT2D eigenvalue weighted by atomic mass is 10.0. The molecule has 0 amide bonds. The molecule has 0 aliphatic carbocycles. The molecule has 0 spiro atoms. The highest BCUT2D eigenvalue weighted by Gasteiger charge is 2.09. The predicted molar refractivity (Wildman–Crippen MR) is 57.7 cm³/mol. The summed E-state index contributed by atoms with van der Waals surface area (Å²) in [5.41, 5.74) is 0.184. The van der Waals surface area contributed by atoms with E-state index in [2.05, 4.69) is 0 Å². The summed E-state index contributed by atoms with van der Waals surface area (Å²) in [4.78, 5) is 21.5. The van der Waals surface area contributed by atoms with Crippen LogP contribution in [0, 0.1) is 0 Å². The number of ketones is 1. The molecule has 0 unspecified atom stereocenters. The van der Waals surface area contributed by atoms with Gasteiger partial charge in [0.2, 0.25) is 5.78 Å². The Labute approximate surface area is 90.8 Å². The van der Waals surface area contributed by atoms with Crippen molar-refractivity contribution < 1.29 is 19.8 Å². The number of aldehydes is 1. The number of phenolic OH excluding ortho intramolecular Hbond substituents is 2. The summed E-state index contributed by atoms with van der Waals surface area (Å²) in [6.07, 6.45) is 0.209. The Kier molecular flexibility index (Phi) is 2.32. The van der Waals surface area contributed by atoms with Crippen molar-refractivity contribution in [1.29, 1.82) is 0 Å². The van der Waals surface area contributed by atoms with Gasteiger partial charge in [-0.2, -0.15) is 0 Å². The number of hydrogen-bond acceptors (Lipinski definition) is 4. The topological polar surface area (TPSA) is 74.6 Å². The van der Waals surface area contributed by atoms with Gasteiger partial charge >= 0.3 is 0 Å². The molecule has 0 heterocycles. The van der Waals surface area contributed by atoms with Crippen molar-refractivity contribution >= 4 is 22.8 Å². The van der Waals surface area contributed by atoms with Crippen LogP contribution in [0.3, 0.4) is 0 Å². The van der Waals surface area contributed by atoms with Crippen LogP contribution in [0.1, 0.15) is 10.4 Å². The highest BCUT2D eigenvalue weighted by atomic mass is 16.3. The van der Waals surface area contributed by atoms with E-state index in [1.54, 1.807) is 12.1 Å². The molecule has 2 aromatic carbocycles. The number of carbonyl (C=O) groups excluding carboxylic acids is 2. The Morgan fingerprint density at radius 1 is 1.12 bits per heavy atom. The molecular formula is C12H8O4. The van der Waals surface area contributed by atoms with Crippen LogP contribution in [0.2, 0.25) is 0 Å². The first-order chi connectivity index (χ1) is 7.63. The lowest BCUT2D eigenvalue weighted by Gasteiger charge is -2.04. The second-order valence-electron chi connectivity index (χ2n) is 3.35. The fourth-order valence-corrected chi connectivity index (χ4v) is 1.51. The first-order valence-corrected chi connectivity index (χ1v) is 4.57. The Balaban J connectivity index is 2.73. The fourth-order valence-electron chi connectivity index (χ4n) is 1.51. The standard InChI is InChI=1S/C12H8O4/c13-6-11(15)8-2-1-7-3-4-10(14)12(16)9(7)5-8/h1-6,14,16H. The Bertz CT molecular complexity index is 587. The largest absolute Gasteiger partial charge is 0.504 e. The third kappa shape index (κ3) is 1.50. The minimum atomic E-state index is -0.662. The molecule has 0 aliphatic heterocycles. The molecule has 2 rings (SSSR count). The Morgan fingerprint density at radius 3 is 2.50 bits per heavy atom. The molecule has 0 aliphatic rings. The van der Waals surface area contributed by atoms with Crippen molar-refractivity contribution in [3.63, 3.8) is 0 Å². The number of fused-ring (bicyclic) bond motifs is 1. The third-order valence-corrected chi connectivity index (χ3v) is 2.36. The van der Waals surface area contributed by atoms with E-state index < -0.39 is 5.78 Å². The molecule has 2 aromatic rings. The van der Waals surface area contributed by atoms with E-state index in [1.165, 1.54) is 18.2 Å². The van der Waals surface area contributed by atoms with E-state index >= 15 is 0 Å². The molecule has 0 atom stereocenters. The van der Waals surface area contributed by atoms with Crippen LogP contribution >= 0.6 is 0 Å². The maximum Gasteiger partial charge on any atom is 0.225 e. The zero-order valence-electron chi connectivity index (χ0n) is 8.18. The van der Waals surface area contributed by atoms with Crippen LogP contribution < -0.4 is 0 Å². The van der Waals surface area contributed by atoms with E-state index in [-0.39, 0.29) is 23.3 Å². The number of hydrogen-bond donors (Lipinski definition) is 2. The van der Waals surface area contributed by atoms with E-state index in [4.69, 9.17) is 0 Å².